The summed E-state index contributed by atoms with van der Waals surface area (Å²) in [5.41, 5.74) is 4.40. The predicted octanol–water partition coefficient (Wildman–Crippen LogP) is 7.68. The Kier molecular flexibility index (Phi) is 6.55. The Morgan fingerprint density at radius 2 is 0.727 bits per heavy atom. The number of hydrogen-bond acceptors (Lipinski definition) is 4. The van der Waals surface area contributed by atoms with Gasteiger partial charge in [-0.1, -0.05) is 38.1 Å². The predicted molar refractivity (Wildman–Crippen MR) is 137 cm³/mol. The molecule has 0 radical (unpaired) electrons. The maximum absolute atomic E-state index is 5.99. The normalized spacial score (nSPS) is 11.0. The van der Waals surface area contributed by atoms with Gasteiger partial charge in [-0.25, -0.2) is 0 Å². The minimum atomic E-state index is -0.153. The van der Waals surface area contributed by atoms with Crippen molar-refractivity contribution >= 4 is 11.4 Å². The van der Waals surface area contributed by atoms with Crippen molar-refractivity contribution in [2.24, 2.45) is 0 Å². The summed E-state index contributed by atoms with van der Waals surface area (Å²) < 4.78 is 12.0. The summed E-state index contributed by atoms with van der Waals surface area (Å²) in [4.78, 5) is 0. The van der Waals surface area contributed by atoms with Crippen LogP contribution >= 0.6 is 0 Å². The first-order chi connectivity index (χ1) is 16.0. The lowest BCUT2D eigenvalue weighted by atomic mass is 9.78. The molecule has 0 amide bonds. The van der Waals surface area contributed by atoms with E-state index < -0.39 is 0 Å². The van der Waals surface area contributed by atoms with E-state index in [0.29, 0.717) is 0 Å². The Balaban J connectivity index is 1.44. The Labute approximate surface area is 196 Å². The third-order valence-corrected chi connectivity index (χ3v) is 5.91. The van der Waals surface area contributed by atoms with Gasteiger partial charge in [-0.15, -0.1) is 0 Å². The van der Waals surface area contributed by atoms with E-state index in [1.165, 1.54) is 11.1 Å². The molecule has 0 unspecified atom stereocenters. The van der Waals surface area contributed by atoms with Gasteiger partial charge in [0.05, 0.1) is 0 Å². The van der Waals surface area contributed by atoms with E-state index in [-0.39, 0.29) is 5.41 Å². The number of benzene rings is 4. The summed E-state index contributed by atoms with van der Waals surface area (Å²) >= 11 is 0. The first-order valence-corrected chi connectivity index (χ1v) is 11.1. The van der Waals surface area contributed by atoms with Crippen molar-refractivity contribution < 1.29 is 9.47 Å². The number of anilines is 2. The third-order valence-electron chi connectivity index (χ3n) is 5.91. The summed E-state index contributed by atoms with van der Waals surface area (Å²) in [5, 5.41) is 6.22. The van der Waals surface area contributed by atoms with Gasteiger partial charge in [0, 0.05) is 30.9 Å². The van der Waals surface area contributed by atoms with Crippen LogP contribution in [-0.4, -0.2) is 14.1 Å². The largest absolute Gasteiger partial charge is 0.457 e. The van der Waals surface area contributed by atoms with Crippen LogP contribution in [0.3, 0.4) is 0 Å². The average molecular weight is 439 g/mol. The molecule has 2 N–H and O–H groups in total. The van der Waals surface area contributed by atoms with Gasteiger partial charge in [-0.3, -0.25) is 0 Å². The molecule has 4 nitrogen and oxygen atoms in total. The van der Waals surface area contributed by atoms with Gasteiger partial charge >= 0.3 is 0 Å². The minimum absolute atomic E-state index is 0.153. The van der Waals surface area contributed by atoms with E-state index in [1.54, 1.807) is 0 Å². The summed E-state index contributed by atoms with van der Waals surface area (Å²) in [6.45, 7) is 4.46. The second-order valence-electron chi connectivity index (χ2n) is 8.43. The van der Waals surface area contributed by atoms with Crippen LogP contribution in [0.25, 0.3) is 0 Å². The molecule has 0 fully saturated rings. The zero-order chi connectivity index (χ0) is 23.3. The van der Waals surface area contributed by atoms with Crippen LogP contribution in [0.4, 0.5) is 11.4 Å². The number of nitrogens with one attached hydrogen (secondary N) is 2. The molecule has 0 atom stereocenters. The van der Waals surface area contributed by atoms with Crippen LogP contribution in [0.2, 0.25) is 0 Å². The van der Waals surface area contributed by atoms with Crippen molar-refractivity contribution in [2.45, 2.75) is 19.3 Å². The Morgan fingerprint density at radius 1 is 0.455 bits per heavy atom. The molecule has 0 aromatic heterocycles. The second-order valence-corrected chi connectivity index (χ2v) is 8.43. The molecule has 0 aliphatic carbocycles. The zero-order valence-corrected chi connectivity index (χ0v) is 19.6. The van der Waals surface area contributed by atoms with Crippen molar-refractivity contribution in [3.8, 4) is 23.0 Å². The highest BCUT2D eigenvalue weighted by Crippen LogP contribution is 2.35. The number of ether oxygens (including phenoxy) is 2. The Hall–Kier alpha value is -3.92. The lowest BCUT2D eigenvalue weighted by Crippen LogP contribution is -2.18. The minimum Gasteiger partial charge on any atom is -0.457 e. The van der Waals surface area contributed by atoms with E-state index in [9.17, 15) is 0 Å². The molecule has 0 aliphatic rings. The van der Waals surface area contributed by atoms with Crippen molar-refractivity contribution in [1.29, 1.82) is 0 Å². The molecule has 0 spiro atoms. The second kappa shape index (κ2) is 9.70. The van der Waals surface area contributed by atoms with E-state index >= 15 is 0 Å². The van der Waals surface area contributed by atoms with E-state index in [2.05, 4.69) is 48.7 Å². The molecule has 0 saturated carbocycles. The van der Waals surface area contributed by atoms with Crippen LogP contribution < -0.4 is 20.1 Å². The number of hydrogen-bond donors (Lipinski definition) is 2. The number of rotatable bonds is 8. The highest BCUT2D eigenvalue weighted by Gasteiger charge is 2.23. The monoisotopic (exact) mass is 438 g/mol. The molecule has 33 heavy (non-hydrogen) atoms. The fourth-order valence-corrected chi connectivity index (χ4v) is 3.70. The summed E-state index contributed by atoms with van der Waals surface area (Å²) in [7, 11) is 3.81. The maximum atomic E-state index is 5.99. The molecule has 0 bridgehead atoms. The molecular formula is C29H30N2O2. The summed E-state index contributed by atoms with van der Waals surface area (Å²) in [5.74, 6) is 3.27. The topological polar surface area (TPSA) is 42.5 Å². The van der Waals surface area contributed by atoms with Gasteiger partial charge in [0.25, 0.3) is 0 Å². The molecule has 4 rings (SSSR count). The average Bonchev–Trinajstić information content (AvgIpc) is 2.86. The molecule has 4 aromatic rings. The third kappa shape index (κ3) is 5.29. The molecule has 4 heteroatoms. The van der Waals surface area contributed by atoms with Gasteiger partial charge in [-0.2, -0.15) is 0 Å². The lowest BCUT2D eigenvalue weighted by molar-refractivity contribution is 0.481. The fraction of sp³-hybridized carbons (Fsp3) is 0.172. The first-order valence-electron chi connectivity index (χ1n) is 11.1. The molecule has 4 aromatic carbocycles. The summed E-state index contributed by atoms with van der Waals surface area (Å²) in [6.07, 6.45) is 0. The van der Waals surface area contributed by atoms with Gasteiger partial charge in [0.15, 0.2) is 0 Å². The zero-order valence-electron chi connectivity index (χ0n) is 19.6. The van der Waals surface area contributed by atoms with Gasteiger partial charge < -0.3 is 20.1 Å². The molecule has 0 aliphatic heterocycles. The lowest BCUT2D eigenvalue weighted by Gasteiger charge is -2.26. The first kappa shape index (κ1) is 22.3. The fourth-order valence-electron chi connectivity index (χ4n) is 3.70. The van der Waals surface area contributed by atoms with Crippen LogP contribution in [-0.2, 0) is 5.41 Å². The standard InChI is InChI=1S/C29H30N2O2/c1-29(2,21-5-13-25(14-6-21)32-27-17-9-23(30-3)10-18-27)22-7-15-26(16-8-22)33-28-19-11-24(31-4)12-20-28/h5-20,30-31H,1-4H3. The maximum Gasteiger partial charge on any atom is 0.127 e. The van der Waals surface area contributed by atoms with Crippen molar-refractivity contribution in [2.75, 3.05) is 24.7 Å². The van der Waals surface area contributed by atoms with Crippen molar-refractivity contribution in [3.63, 3.8) is 0 Å². The van der Waals surface area contributed by atoms with Crippen LogP contribution in [0, 0.1) is 0 Å². The van der Waals surface area contributed by atoms with Crippen LogP contribution in [0.1, 0.15) is 25.0 Å². The summed E-state index contributed by atoms with van der Waals surface area (Å²) in [6, 6.07) is 32.4. The van der Waals surface area contributed by atoms with Crippen molar-refractivity contribution in [1.82, 2.24) is 0 Å². The van der Waals surface area contributed by atoms with E-state index in [4.69, 9.17) is 9.47 Å². The highest BCUT2D eigenvalue weighted by molar-refractivity contribution is 5.48. The van der Waals surface area contributed by atoms with Gasteiger partial charge in [0.2, 0.25) is 0 Å². The van der Waals surface area contributed by atoms with Crippen molar-refractivity contribution in [3.05, 3.63) is 108 Å². The smallest absolute Gasteiger partial charge is 0.127 e. The van der Waals surface area contributed by atoms with E-state index in [0.717, 1.165) is 34.4 Å². The molecular weight excluding hydrogens is 408 g/mol. The highest BCUT2D eigenvalue weighted by atomic mass is 16.5. The quantitative estimate of drug-likeness (QED) is 0.296. The molecule has 168 valence electrons. The SMILES string of the molecule is CNc1ccc(Oc2ccc(C(C)(C)c3ccc(Oc4ccc(NC)cc4)cc3)cc2)cc1. The molecule has 0 heterocycles. The van der Waals surface area contributed by atoms with Crippen LogP contribution in [0.5, 0.6) is 23.0 Å². The Morgan fingerprint density at radius 3 is 1.00 bits per heavy atom. The molecule has 0 saturated heterocycles. The van der Waals surface area contributed by atoms with Gasteiger partial charge in [-0.05, 0) is 83.9 Å². The van der Waals surface area contributed by atoms with E-state index in [1.807, 2.05) is 86.9 Å². The Bertz CT molecular complexity index is 1070. The van der Waals surface area contributed by atoms with Gasteiger partial charge in [0.1, 0.15) is 23.0 Å². The van der Waals surface area contributed by atoms with Crippen LogP contribution in [0.15, 0.2) is 97.1 Å².